The van der Waals surface area contributed by atoms with Crippen LogP contribution in [-0.2, 0) is 11.3 Å². The first kappa shape index (κ1) is 13.2. The molecule has 110 valence electrons. The quantitative estimate of drug-likeness (QED) is 0.886. The summed E-state index contributed by atoms with van der Waals surface area (Å²) in [7, 11) is 0. The Morgan fingerprint density at radius 2 is 2.24 bits per heavy atom. The van der Waals surface area contributed by atoms with Crippen LogP contribution in [0.25, 0.3) is 10.9 Å². The van der Waals surface area contributed by atoms with Gasteiger partial charge in [0, 0.05) is 27.5 Å². The van der Waals surface area contributed by atoms with E-state index in [0.29, 0.717) is 12.0 Å². The van der Waals surface area contributed by atoms with Crippen molar-refractivity contribution in [3.8, 4) is 0 Å². The monoisotopic (exact) mass is 302 g/mol. The minimum absolute atomic E-state index is 0.225. The second-order valence-corrected chi connectivity index (χ2v) is 7.08. The van der Waals surface area contributed by atoms with Crippen molar-refractivity contribution in [2.45, 2.75) is 39.2 Å². The zero-order valence-corrected chi connectivity index (χ0v) is 12.9. The summed E-state index contributed by atoms with van der Waals surface area (Å²) in [6.45, 7) is 2.56. The van der Waals surface area contributed by atoms with E-state index in [4.69, 9.17) is 11.6 Å². The zero-order valence-electron chi connectivity index (χ0n) is 12.1. The normalized spacial score (nSPS) is 22.3. The topological polar surface area (TPSA) is 44.9 Å². The fraction of sp³-hybridized carbons (Fsp3) is 0.471. The number of H-pyrrole nitrogens is 1. The summed E-state index contributed by atoms with van der Waals surface area (Å²) < 4.78 is 0. The number of rotatable bonds is 3. The molecule has 0 bridgehead atoms. The largest absolute Gasteiger partial charge is 0.357 e. The first-order chi connectivity index (χ1) is 10.1. The van der Waals surface area contributed by atoms with Crippen LogP contribution in [-0.4, -0.2) is 10.9 Å². The van der Waals surface area contributed by atoms with Gasteiger partial charge >= 0.3 is 0 Å². The van der Waals surface area contributed by atoms with Crippen molar-refractivity contribution in [2.75, 3.05) is 0 Å². The molecule has 2 saturated carbocycles. The molecule has 2 aliphatic carbocycles. The van der Waals surface area contributed by atoms with Gasteiger partial charge in [-0.1, -0.05) is 18.0 Å². The number of carbonyl (C=O) groups is 1. The highest BCUT2D eigenvalue weighted by Crippen LogP contribution is 2.65. The number of hydrogen-bond acceptors (Lipinski definition) is 1. The molecule has 2 aliphatic rings. The third-order valence-corrected chi connectivity index (χ3v) is 5.67. The molecular formula is C17H19ClN2O. The van der Waals surface area contributed by atoms with E-state index in [1.165, 1.54) is 19.3 Å². The maximum absolute atomic E-state index is 12.2. The van der Waals surface area contributed by atoms with Crippen LogP contribution in [0.2, 0.25) is 5.02 Å². The van der Waals surface area contributed by atoms with Crippen molar-refractivity contribution in [3.63, 3.8) is 0 Å². The first-order valence-corrected chi connectivity index (χ1v) is 8.01. The zero-order chi connectivity index (χ0) is 14.6. The molecule has 3 nitrogen and oxygen atoms in total. The van der Waals surface area contributed by atoms with Gasteiger partial charge in [-0.05, 0) is 55.4 Å². The van der Waals surface area contributed by atoms with E-state index in [0.717, 1.165) is 33.6 Å². The molecule has 2 N–H and O–H groups in total. The Kier molecular flexibility index (Phi) is 2.83. The van der Waals surface area contributed by atoms with Gasteiger partial charge in [-0.15, -0.1) is 0 Å². The SMILES string of the molecule is Cc1cc2[nH]c(CNC(=O)C3CC34CCC4)cc2cc1Cl. The second kappa shape index (κ2) is 4.51. The number of benzene rings is 1. The van der Waals surface area contributed by atoms with Gasteiger partial charge in [-0.2, -0.15) is 0 Å². The van der Waals surface area contributed by atoms with Crippen LogP contribution in [0.5, 0.6) is 0 Å². The summed E-state index contributed by atoms with van der Waals surface area (Å²) in [6, 6.07) is 6.08. The molecule has 1 spiro atoms. The number of halogens is 1. The third-order valence-electron chi connectivity index (χ3n) is 5.26. The minimum atomic E-state index is 0.225. The highest BCUT2D eigenvalue weighted by atomic mass is 35.5. The lowest BCUT2D eigenvalue weighted by Gasteiger charge is -2.26. The average molecular weight is 303 g/mol. The predicted octanol–water partition coefficient (Wildman–Crippen LogP) is 3.94. The van der Waals surface area contributed by atoms with Crippen LogP contribution in [0, 0.1) is 18.3 Å². The van der Waals surface area contributed by atoms with Gasteiger partial charge < -0.3 is 10.3 Å². The maximum Gasteiger partial charge on any atom is 0.224 e. The second-order valence-electron chi connectivity index (χ2n) is 6.67. The molecule has 2 fully saturated rings. The van der Waals surface area contributed by atoms with Crippen molar-refractivity contribution in [2.24, 2.45) is 11.3 Å². The van der Waals surface area contributed by atoms with Crippen molar-refractivity contribution in [1.82, 2.24) is 10.3 Å². The number of amides is 1. The number of aromatic nitrogens is 1. The summed E-state index contributed by atoms with van der Waals surface area (Å²) in [6.07, 6.45) is 4.89. The number of aromatic amines is 1. The number of hydrogen-bond donors (Lipinski definition) is 2. The van der Waals surface area contributed by atoms with E-state index in [9.17, 15) is 4.79 Å². The molecule has 1 atom stereocenters. The minimum Gasteiger partial charge on any atom is -0.357 e. The predicted molar refractivity (Wildman–Crippen MR) is 84.3 cm³/mol. The fourth-order valence-corrected chi connectivity index (χ4v) is 3.80. The van der Waals surface area contributed by atoms with Crippen LogP contribution in [0.4, 0.5) is 0 Å². The molecule has 1 aromatic carbocycles. The summed E-state index contributed by atoms with van der Waals surface area (Å²) in [5.41, 5.74) is 3.56. The van der Waals surface area contributed by atoms with Gasteiger partial charge in [0.1, 0.15) is 0 Å². The van der Waals surface area contributed by atoms with Crippen molar-refractivity contribution >= 4 is 28.4 Å². The van der Waals surface area contributed by atoms with Crippen LogP contribution in [0.15, 0.2) is 18.2 Å². The number of nitrogens with one attached hydrogen (secondary N) is 2. The first-order valence-electron chi connectivity index (χ1n) is 7.63. The average Bonchev–Trinajstić information content (AvgIpc) is 3.07. The Balaban J connectivity index is 1.44. The molecule has 1 heterocycles. The Hall–Kier alpha value is -1.48. The van der Waals surface area contributed by atoms with Crippen molar-refractivity contribution in [3.05, 3.63) is 34.5 Å². The van der Waals surface area contributed by atoms with Gasteiger partial charge in [0.05, 0.1) is 6.54 Å². The Morgan fingerprint density at radius 3 is 2.90 bits per heavy atom. The van der Waals surface area contributed by atoms with Crippen molar-refractivity contribution < 1.29 is 4.79 Å². The van der Waals surface area contributed by atoms with Crippen LogP contribution in [0.3, 0.4) is 0 Å². The molecule has 4 rings (SSSR count). The van der Waals surface area contributed by atoms with Gasteiger partial charge in [-0.3, -0.25) is 4.79 Å². The van der Waals surface area contributed by atoms with E-state index in [2.05, 4.69) is 16.4 Å². The molecule has 4 heteroatoms. The number of aryl methyl sites for hydroxylation is 1. The molecule has 0 aliphatic heterocycles. The molecule has 0 radical (unpaired) electrons. The van der Waals surface area contributed by atoms with Gasteiger partial charge in [0.2, 0.25) is 5.91 Å². The number of carbonyl (C=O) groups excluding carboxylic acids is 1. The Labute approximate surface area is 129 Å². The van der Waals surface area contributed by atoms with Crippen LogP contribution < -0.4 is 5.32 Å². The molecular weight excluding hydrogens is 284 g/mol. The molecule has 0 saturated heterocycles. The lowest BCUT2D eigenvalue weighted by Crippen LogP contribution is -2.29. The Morgan fingerprint density at radius 1 is 1.43 bits per heavy atom. The Bertz CT molecular complexity index is 691. The van der Waals surface area contributed by atoms with Crippen molar-refractivity contribution in [1.29, 1.82) is 0 Å². The van der Waals surface area contributed by atoms with Gasteiger partial charge in [0.25, 0.3) is 0 Å². The van der Waals surface area contributed by atoms with Gasteiger partial charge in [-0.25, -0.2) is 0 Å². The fourth-order valence-electron chi connectivity index (χ4n) is 3.62. The van der Waals surface area contributed by atoms with E-state index in [-0.39, 0.29) is 11.8 Å². The summed E-state index contributed by atoms with van der Waals surface area (Å²) in [5.74, 6) is 0.495. The maximum atomic E-state index is 12.2. The number of fused-ring (bicyclic) bond motifs is 1. The van der Waals surface area contributed by atoms with E-state index < -0.39 is 0 Å². The standard InChI is InChI=1S/C17H19ClN2O/c1-10-5-15-11(7-14(10)18)6-12(20-15)9-19-16(21)13-8-17(13)3-2-4-17/h5-7,13,20H,2-4,8-9H2,1H3,(H,19,21). The highest BCUT2D eigenvalue weighted by Gasteiger charge is 2.60. The summed E-state index contributed by atoms with van der Waals surface area (Å²) >= 11 is 6.14. The molecule has 2 aromatic rings. The lowest BCUT2D eigenvalue weighted by atomic mass is 9.80. The summed E-state index contributed by atoms with van der Waals surface area (Å²) in [5, 5.41) is 4.95. The van der Waals surface area contributed by atoms with E-state index >= 15 is 0 Å². The molecule has 21 heavy (non-hydrogen) atoms. The molecule has 1 unspecified atom stereocenters. The van der Waals surface area contributed by atoms with Gasteiger partial charge in [0.15, 0.2) is 0 Å². The van der Waals surface area contributed by atoms with E-state index in [1.807, 2.05) is 19.1 Å². The van der Waals surface area contributed by atoms with Crippen LogP contribution >= 0.6 is 11.6 Å². The highest BCUT2D eigenvalue weighted by molar-refractivity contribution is 6.32. The van der Waals surface area contributed by atoms with Crippen LogP contribution in [0.1, 0.15) is 36.9 Å². The molecule has 1 amide bonds. The smallest absolute Gasteiger partial charge is 0.224 e. The summed E-state index contributed by atoms with van der Waals surface area (Å²) in [4.78, 5) is 15.5. The third kappa shape index (κ3) is 2.15. The lowest BCUT2D eigenvalue weighted by molar-refractivity contribution is -0.123. The van der Waals surface area contributed by atoms with E-state index in [1.54, 1.807) is 0 Å². The molecule has 1 aromatic heterocycles.